The average molecular weight is 386 g/mol. The maximum Gasteiger partial charge on any atom is 0.245 e. The fraction of sp³-hybridized carbons (Fsp3) is 0.500. The zero-order valence-corrected chi connectivity index (χ0v) is 16.4. The molecule has 0 amide bonds. The highest BCUT2D eigenvalue weighted by Crippen LogP contribution is 2.34. The summed E-state index contributed by atoms with van der Waals surface area (Å²) in [5.74, 6) is 0. The largest absolute Gasteiger partial charge is 0.358 e. The third-order valence-corrected chi connectivity index (χ3v) is 7.94. The van der Waals surface area contributed by atoms with Gasteiger partial charge in [0.1, 0.15) is 0 Å². The van der Waals surface area contributed by atoms with Crippen LogP contribution in [0.2, 0.25) is 0 Å². The van der Waals surface area contributed by atoms with Crippen molar-refractivity contribution in [2.75, 3.05) is 30.3 Å². The molecule has 0 radical (unpaired) electrons. The van der Waals surface area contributed by atoms with E-state index < -0.39 is 20.0 Å². The Morgan fingerprint density at radius 3 is 2.28 bits per heavy atom. The molecule has 0 saturated carbocycles. The van der Waals surface area contributed by atoms with E-state index in [0.717, 1.165) is 53.9 Å². The number of anilines is 1. The van der Waals surface area contributed by atoms with Crippen LogP contribution in [-0.4, -0.2) is 59.4 Å². The first kappa shape index (κ1) is 18.2. The maximum atomic E-state index is 12.0. The third kappa shape index (κ3) is 3.40. The van der Waals surface area contributed by atoms with E-state index in [4.69, 9.17) is 0 Å². The van der Waals surface area contributed by atoms with E-state index in [0.29, 0.717) is 9.75 Å². The molecule has 1 heterocycles. The van der Waals surface area contributed by atoms with Crippen LogP contribution in [0.25, 0.3) is 10.9 Å². The van der Waals surface area contributed by atoms with Gasteiger partial charge in [0.05, 0.1) is 18.2 Å². The summed E-state index contributed by atoms with van der Waals surface area (Å²) in [7, 11) is -3.80. The van der Waals surface area contributed by atoms with Crippen LogP contribution in [0.15, 0.2) is 18.2 Å². The Bertz CT molecular complexity index is 991. The van der Waals surface area contributed by atoms with Crippen molar-refractivity contribution in [1.82, 2.24) is 9.88 Å². The number of aryl methyl sites for hydroxylation is 1. The molecule has 1 aromatic carbocycles. The molecule has 9 heteroatoms. The molecule has 0 spiro atoms. The molecule has 0 saturated heterocycles. The molecule has 138 valence electrons. The lowest BCUT2D eigenvalue weighted by molar-refractivity contribution is 0.268. The Morgan fingerprint density at radius 1 is 1.08 bits per heavy atom. The highest BCUT2D eigenvalue weighted by molar-refractivity contribution is 8.09. The number of hydrogen-bond donors (Lipinski definition) is 1. The van der Waals surface area contributed by atoms with Gasteiger partial charge in [-0.1, -0.05) is 0 Å². The van der Waals surface area contributed by atoms with Crippen LogP contribution >= 0.6 is 0 Å². The first-order valence-electron chi connectivity index (χ1n) is 7.99. The standard InChI is InChI=1S/C16H23N3O4S2/c1-18(2)11-5-7-15-13(9-11)14-10-12(6-8-16(14)17-15)19(24(3,20)21)25(4,22)23/h6,8,10-11,17H,5,7,9H2,1-4H3. The lowest BCUT2D eigenvalue weighted by atomic mass is 9.91. The first-order valence-corrected chi connectivity index (χ1v) is 11.7. The predicted octanol–water partition coefficient (Wildman–Crippen LogP) is 1.31. The second kappa shape index (κ2) is 6.00. The molecule has 0 bridgehead atoms. The van der Waals surface area contributed by atoms with Crippen LogP contribution in [0.1, 0.15) is 17.7 Å². The van der Waals surface area contributed by atoms with E-state index in [2.05, 4.69) is 9.88 Å². The van der Waals surface area contributed by atoms with Crippen LogP contribution in [0.4, 0.5) is 5.69 Å². The smallest absolute Gasteiger partial charge is 0.245 e. The van der Waals surface area contributed by atoms with Gasteiger partial charge >= 0.3 is 0 Å². The molecule has 0 fully saturated rings. The van der Waals surface area contributed by atoms with Crippen molar-refractivity contribution in [2.24, 2.45) is 0 Å². The number of sulfonamides is 2. The van der Waals surface area contributed by atoms with Crippen molar-refractivity contribution in [3.05, 3.63) is 29.5 Å². The van der Waals surface area contributed by atoms with E-state index in [1.54, 1.807) is 12.1 Å². The minimum Gasteiger partial charge on any atom is -0.358 e. The Hall–Kier alpha value is -1.58. The summed E-state index contributed by atoms with van der Waals surface area (Å²) in [4.78, 5) is 5.57. The molecule has 1 atom stereocenters. The lowest BCUT2D eigenvalue weighted by Gasteiger charge is -2.28. The molecule has 2 aromatic rings. The SMILES string of the molecule is CN(C)C1CCc2[nH]c3ccc(N(S(C)(=O)=O)S(C)(=O)=O)cc3c2C1. The number of aromatic amines is 1. The minimum atomic E-state index is -3.95. The highest BCUT2D eigenvalue weighted by atomic mass is 32.3. The van der Waals surface area contributed by atoms with Crippen molar-refractivity contribution in [2.45, 2.75) is 25.3 Å². The van der Waals surface area contributed by atoms with Crippen molar-refractivity contribution >= 4 is 36.6 Å². The minimum absolute atomic E-state index is 0.145. The van der Waals surface area contributed by atoms with Gasteiger partial charge in [0, 0.05) is 22.6 Å². The van der Waals surface area contributed by atoms with Gasteiger partial charge in [-0.15, -0.1) is 0 Å². The maximum absolute atomic E-state index is 12.0. The second-order valence-electron chi connectivity index (χ2n) is 6.90. The average Bonchev–Trinajstić information content (AvgIpc) is 2.81. The summed E-state index contributed by atoms with van der Waals surface area (Å²) in [6, 6.07) is 5.34. The highest BCUT2D eigenvalue weighted by Gasteiger charge is 2.29. The predicted molar refractivity (Wildman–Crippen MR) is 100.0 cm³/mol. The number of aromatic nitrogens is 1. The van der Waals surface area contributed by atoms with Crippen LogP contribution < -0.4 is 3.71 Å². The number of nitrogens with zero attached hydrogens (tertiary/aromatic N) is 2. The lowest BCUT2D eigenvalue weighted by Crippen LogP contribution is -2.35. The number of nitrogens with one attached hydrogen (secondary N) is 1. The van der Waals surface area contributed by atoms with E-state index in [-0.39, 0.29) is 5.69 Å². The van der Waals surface area contributed by atoms with Crippen molar-refractivity contribution in [3.8, 4) is 0 Å². The molecule has 1 aliphatic carbocycles. The summed E-state index contributed by atoms with van der Waals surface area (Å²) in [6.07, 6.45) is 4.62. The second-order valence-corrected chi connectivity index (χ2v) is 10.8. The summed E-state index contributed by atoms with van der Waals surface area (Å²) in [5, 5.41) is 0.886. The molecule has 7 nitrogen and oxygen atoms in total. The van der Waals surface area contributed by atoms with E-state index >= 15 is 0 Å². The molecule has 3 rings (SSSR count). The van der Waals surface area contributed by atoms with E-state index in [1.807, 2.05) is 14.1 Å². The van der Waals surface area contributed by atoms with Crippen LogP contribution in [0, 0.1) is 0 Å². The Balaban J connectivity index is 2.16. The van der Waals surface area contributed by atoms with Gasteiger partial charge < -0.3 is 9.88 Å². The van der Waals surface area contributed by atoms with E-state index in [1.165, 1.54) is 6.07 Å². The zero-order chi connectivity index (χ0) is 18.6. The zero-order valence-electron chi connectivity index (χ0n) is 14.8. The molecule has 1 unspecified atom stereocenters. The van der Waals surface area contributed by atoms with Gasteiger partial charge in [0.25, 0.3) is 0 Å². The number of likely N-dealkylation sites (N-methyl/N-ethyl adjacent to an activating group) is 1. The summed E-state index contributed by atoms with van der Waals surface area (Å²) >= 11 is 0. The Morgan fingerprint density at radius 2 is 1.72 bits per heavy atom. The first-order chi connectivity index (χ1) is 11.5. The van der Waals surface area contributed by atoms with Gasteiger partial charge in [0.2, 0.25) is 20.0 Å². The Kier molecular flexibility index (Phi) is 4.37. The van der Waals surface area contributed by atoms with Gasteiger partial charge in [0.15, 0.2) is 0 Å². The number of H-pyrrole nitrogens is 1. The Labute approximate surface area is 148 Å². The van der Waals surface area contributed by atoms with Crippen LogP contribution in [0.5, 0.6) is 0 Å². The normalized spacial score (nSPS) is 18.5. The molecule has 0 aliphatic heterocycles. The quantitative estimate of drug-likeness (QED) is 0.857. The van der Waals surface area contributed by atoms with E-state index in [9.17, 15) is 16.8 Å². The number of benzene rings is 1. The van der Waals surface area contributed by atoms with Crippen molar-refractivity contribution < 1.29 is 16.8 Å². The van der Waals surface area contributed by atoms with Gasteiger partial charge in [-0.05, 0) is 57.1 Å². The topological polar surface area (TPSA) is 90.6 Å². The van der Waals surface area contributed by atoms with Crippen LogP contribution in [-0.2, 0) is 32.9 Å². The summed E-state index contributed by atoms with van der Waals surface area (Å²) < 4.78 is 48.6. The fourth-order valence-electron chi connectivity index (χ4n) is 3.57. The molecular formula is C16H23N3O4S2. The molecular weight excluding hydrogens is 362 g/mol. The third-order valence-electron chi connectivity index (χ3n) is 4.69. The number of hydrogen-bond acceptors (Lipinski definition) is 5. The van der Waals surface area contributed by atoms with Crippen molar-refractivity contribution in [1.29, 1.82) is 0 Å². The summed E-state index contributed by atoms with van der Waals surface area (Å²) in [6.45, 7) is 0. The van der Waals surface area contributed by atoms with Gasteiger partial charge in [-0.3, -0.25) is 0 Å². The number of rotatable bonds is 4. The molecule has 25 heavy (non-hydrogen) atoms. The van der Waals surface area contributed by atoms with Gasteiger partial charge in [-0.25, -0.2) is 16.8 Å². The molecule has 1 aliphatic rings. The molecule has 1 aromatic heterocycles. The summed E-state index contributed by atoms with van der Waals surface area (Å²) in [5.41, 5.74) is 3.33. The fourth-order valence-corrected chi connectivity index (χ4v) is 6.53. The van der Waals surface area contributed by atoms with Crippen molar-refractivity contribution in [3.63, 3.8) is 0 Å². The molecule has 1 N–H and O–H groups in total. The van der Waals surface area contributed by atoms with Crippen LogP contribution in [0.3, 0.4) is 0 Å². The van der Waals surface area contributed by atoms with Gasteiger partial charge in [-0.2, -0.15) is 3.71 Å². The monoisotopic (exact) mass is 385 g/mol. The number of fused-ring (bicyclic) bond motifs is 3.